The zero-order valence-corrected chi connectivity index (χ0v) is 25.4. The molecule has 0 aliphatic heterocycles. The van der Waals surface area contributed by atoms with Crippen LogP contribution >= 0.6 is 0 Å². The minimum atomic E-state index is 0.320. The second kappa shape index (κ2) is 10.2. The Bertz CT molecular complexity index is 2900. The molecule has 1 nitrogen and oxygen atoms in total. The average Bonchev–Trinajstić information content (AvgIpc) is 3.56. The minimum Gasteiger partial charge on any atom is -0.456 e. The molecule has 0 unspecified atom stereocenters. The first kappa shape index (κ1) is 24.1. The summed E-state index contributed by atoms with van der Waals surface area (Å²) in [5.74, 6) is 0. The fourth-order valence-corrected chi connectivity index (χ4v) is 7.38. The monoisotopic (exact) mass is 598 g/mol. The summed E-state index contributed by atoms with van der Waals surface area (Å²) >= 11 is 0. The molecule has 0 radical (unpaired) electrons. The van der Waals surface area contributed by atoms with Crippen molar-refractivity contribution < 1.29 is 7.16 Å². The van der Waals surface area contributed by atoms with Gasteiger partial charge in [-0.15, -0.1) is 0 Å². The number of furan rings is 1. The number of fused-ring (bicyclic) bond motifs is 7. The lowest BCUT2D eigenvalue weighted by molar-refractivity contribution is 0.669. The van der Waals surface area contributed by atoms with E-state index in [0.29, 0.717) is 28.6 Å². The van der Waals surface area contributed by atoms with E-state index in [1.807, 2.05) is 36.4 Å². The van der Waals surface area contributed by atoms with Crippen molar-refractivity contribution >= 4 is 65.0 Å². The van der Waals surface area contributed by atoms with Crippen molar-refractivity contribution in [2.45, 2.75) is 0 Å². The molecule has 0 atom stereocenters. The van der Waals surface area contributed by atoms with Crippen LogP contribution < -0.4 is 0 Å². The minimum absolute atomic E-state index is 0.320. The van der Waals surface area contributed by atoms with Gasteiger partial charge in [-0.25, -0.2) is 0 Å². The molecule has 0 N–H and O–H groups in total. The third-order valence-corrected chi connectivity index (χ3v) is 9.60. The van der Waals surface area contributed by atoms with Crippen molar-refractivity contribution in [3.8, 4) is 33.4 Å². The second-order valence-electron chi connectivity index (χ2n) is 12.3. The van der Waals surface area contributed by atoms with Crippen LogP contribution in [-0.2, 0) is 0 Å². The highest BCUT2D eigenvalue weighted by molar-refractivity contribution is 6.21. The fourth-order valence-electron chi connectivity index (χ4n) is 7.38. The summed E-state index contributed by atoms with van der Waals surface area (Å²) in [6.45, 7) is 0. The molecular formula is C46H28O. The van der Waals surface area contributed by atoms with Gasteiger partial charge >= 0.3 is 0 Å². The third kappa shape index (κ3) is 4.10. The van der Waals surface area contributed by atoms with Crippen molar-refractivity contribution in [2.75, 3.05) is 0 Å². The van der Waals surface area contributed by atoms with E-state index in [2.05, 4.69) is 121 Å². The first-order valence-electron chi connectivity index (χ1n) is 17.0. The summed E-state index contributed by atoms with van der Waals surface area (Å²) in [7, 11) is 0. The predicted octanol–water partition coefficient (Wildman–Crippen LogP) is 13.2. The zero-order valence-electron chi connectivity index (χ0n) is 27.4. The molecule has 0 spiro atoms. The summed E-state index contributed by atoms with van der Waals surface area (Å²) in [6, 6.07) is 56.1. The summed E-state index contributed by atoms with van der Waals surface area (Å²) in [4.78, 5) is 0. The van der Waals surface area contributed by atoms with Crippen molar-refractivity contribution in [3.63, 3.8) is 0 Å². The summed E-state index contributed by atoms with van der Waals surface area (Å²) in [6.07, 6.45) is 0. The summed E-state index contributed by atoms with van der Waals surface area (Å²) in [5, 5.41) is 10.4. The maximum atomic E-state index is 9.06. The summed E-state index contributed by atoms with van der Waals surface area (Å²) < 4.78 is 24.2. The Morgan fingerprint density at radius 2 is 0.830 bits per heavy atom. The van der Waals surface area contributed by atoms with Gasteiger partial charge in [0.1, 0.15) is 11.2 Å². The lowest BCUT2D eigenvalue weighted by Crippen LogP contribution is -1.91. The zero-order chi connectivity index (χ0) is 32.6. The molecule has 1 heterocycles. The van der Waals surface area contributed by atoms with E-state index in [0.717, 1.165) is 32.8 Å². The Hall–Kier alpha value is -6.18. The number of rotatable bonds is 3. The van der Waals surface area contributed by atoms with Gasteiger partial charge in [0.15, 0.2) is 0 Å². The molecule has 0 saturated heterocycles. The Balaban J connectivity index is 1.13. The van der Waals surface area contributed by atoms with Gasteiger partial charge in [-0.2, -0.15) is 0 Å². The van der Waals surface area contributed by atoms with Crippen LogP contribution in [0.4, 0.5) is 0 Å². The van der Waals surface area contributed by atoms with E-state index >= 15 is 0 Å². The topological polar surface area (TPSA) is 13.1 Å². The molecule has 0 amide bonds. The highest BCUT2D eigenvalue weighted by Gasteiger charge is 2.17. The van der Waals surface area contributed by atoms with Gasteiger partial charge < -0.3 is 4.42 Å². The maximum absolute atomic E-state index is 9.06. The molecule has 0 aliphatic rings. The van der Waals surface area contributed by atoms with E-state index in [9.17, 15) is 0 Å². The molecule has 1 heteroatoms. The molecule has 1 aromatic heterocycles. The van der Waals surface area contributed by atoms with Gasteiger partial charge in [-0.05, 0) is 107 Å². The van der Waals surface area contributed by atoms with Crippen LogP contribution in [0.5, 0.6) is 0 Å². The molecule has 10 rings (SSSR count). The van der Waals surface area contributed by atoms with Crippen LogP contribution in [0, 0.1) is 0 Å². The Morgan fingerprint density at radius 3 is 1.55 bits per heavy atom. The molecule has 9 aromatic carbocycles. The van der Waals surface area contributed by atoms with Crippen LogP contribution in [0.2, 0.25) is 0 Å². The number of hydrogen-bond donors (Lipinski definition) is 0. The molecule has 0 saturated carbocycles. The highest BCUT2D eigenvalue weighted by atomic mass is 16.3. The van der Waals surface area contributed by atoms with E-state index in [1.165, 1.54) is 49.0 Å². The normalized spacial score (nSPS) is 12.4. The largest absolute Gasteiger partial charge is 0.456 e. The van der Waals surface area contributed by atoms with Crippen LogP contribution in [0.1, 0.15) is 2.74 Å². The Labute approximate surface area is 274 Å². The van der Waals surface area contributed by atoms with Crippen LogP contribution in [-0.4, -0.2) is 0 Å². The van der Waals surface area contributed by atoms with Gasteiger partial charge in [0.25, 0.3) is 0 Å². The van der Waals surface area contributed by atoms with Crippen molar-refractivity contribution in [1.29, 1.82) is 0 Å². The lowest BCUT2D eigenvalue weighted by atomic mass is 9.85. The van der Waals surface area contributed by atoms with Crippen LogP contribution in [0.15, 0.2) is 174 Å². The second-order valence-corrected chi connectivity index (χ2v) is 12.3. The molecule has 47 heavy (non-hydrogen) atoms. The van der Waals surface area contributed by atoms with Crippen LogP contribution in [0.3, 0.4) is 0 Å². The SMILES string of the molecule is [2H]c1c2cc(-c3ccc(-c4c5ccccc5c(-c5ccc6ccccc6c5)c5ccccc45)cc3)ccc2c([2H])c2c1oc1ccccc12. The van der Waals surface area contributed by atoms with Crippen molar-refractivity contribution in [2.24, 2.45) is 0 Å². The van der Waals surface area contributed by atoms with E-state index < -0.39 is 0 Å². The van der Waals surface area contributed by atoms with Crippen molar-refractivity contribution in [3.05, 3.63) is 170 Å². The van der Waals surface area contributed by atoms with E-state index in [-0.39, 0.29) is 0 Å². The number of benzene rings is 9. The van der Waals surface area contributed by atoms with Gasteiger partial charge in [-0.3, -0.25) is 0 Å². The molecule has 0 aliphatic carbocycles. The Morgan fingerprint density at radius 1 is 0.319 bits per heavy atom. The van der Waals surface area contributed by atoms with Crippen molar-refractivity contribution in [1.82, 2.24) is 0 Å². The maximum Gasteiger partial charge on any atom is 0.136 e. The first-order valence-corrected chi connectivity index (χ1v) is 16.0. The third-order valence-electron chi connectivity index (χ3n) is 9.60. The van der Waals surface area contributed by atoms with Gasteiger partial charge in [0, 0.05) is 10.8 Å². The molecule has 0 fully saturated rings. The van der Waals surface area contributed by atoms with E-state index in [4.69, 9.17) is 7.16 Å². The number of hydrogen-bond acceptors (Lipinski definition) is 1. The molecular weight excluding hydrogens is 569 g/mol. The smallest absolute Gasteiger partial charge is 0.136 e. The van der Waals surface area contributed by atoms with Gasteiger partial charge in [0.05, 0.1) is 2.74 Å². The molecule has 10 aromatic rings. The standard InChI is InChI=1S/C46H28O/c1-2-10-32-25-35(24-19-29(32)9-1)46-40-14-5-3-12-38(40)45(39-13-4-6-15-41(39)46)31-20-17-30(18-21-31)33-22-23-34-27-42-37-11-7-8-16-43(37)47-44(42)28-36(34)26-33/h1-28H/i27D,28D. The average molecular weight is 599 g/mol. The lowest BCUT2D eigenvalue weighted by Gasteiger charge is -2.18. The van der Waals surface area contributed by atoms with Gasteiger partial charge in [-0.1, -0.05) is 140 Å². The number of para-hydroxylation sites is 1. The molecule has 0 bridgehead atoms. The molecule has 218 valence electrons. The van der Waals surface area contributed by atoms with Crippen LogP contribution in [0.25, 0.3) is 98.4 Å². The fraction of sp³-hybridized carbons (Fsp3) is 0. The Kier molecular flexibility index (Phi) is 5.21. The summed E-state index contributed by atoms with van der Waals surface area (Å²) in [5.41, 5.74) is 8.08. The highest BCUT2D eigenvalue weighted by Crippen LogP contribution is 2.44. The quantitative estimate of drug-likeness (QED) is 0.184. The first-order chi connectivity index (χ1) is 24.1. The van der Waals surface area contributed by atoms with E-state index in [1.54, 1.807) is 0 Å². The van der Waals surface area contributed by atoms with Gasteiger partial charge in [0.2, 0.25) is 0 Å². The predicted molar refractivity (Wildman–Crippen MR) is 200 cm³/mol.